The molecule has 0 spiro atoms. The number of nitrogens with one attached hydrogen (secondary N) is 1. The van der Waals surface area contributed by atoms with Crippen LogP contribution in [0.5, 0.6) is 0 Å². The molecule has 1 amide bonds. The fourth-order valence-electron chi connectivity index (χ4n) is 3.48. The van der Waals surface area contributed by atoms with Gasteiger partial charge in [0.05, 0.1) is 17.7 Å². The van der Waals surface area contributed by atoms with Crippen LogP contribution in [0.2, 0.25) is 0 Å². The molecule has 1 aromatic carbocycles. The second-order valence-electron chi connectivity index (χ2n) is 7.39. The highest BCUT2D eigenvalue weighted by molar-refractivity contribution is 7.14. The zero-order valence-corrected chi connectivity index (χ0v) is 17.9. The number of aromatic nitrogens is 3. The number of hydrogen-bond acceptors (Lipinski definition) is 8. The zero-order chi connectivity index (χ0) is 21.5. The third kappa shape index (κ3) is 3.30. The van der Waals surface area contributed by atoms with E-state index in [-0.39, 0.29) is 18.1 Å². The second kappa shape index (κ2) is 7.49. The minimum Gasteiger partial charge on any atom is -0.462 e. The summed E-state index contributed by atoms with van der Waals surface area (Å²) in [5.41, 5.74) is 3.26. The molecular formula is C21H21N5O3S. The number of hydrogen-bond donors (Lipinski definition) is 1. The van der Waals surface area contributed by atoms with E-state index in [0.29, 0.717) is 10.9 Å². The van der Waals surface area contributed by atoms with E-state index in [9.17, 15) is 9.59 Å². The van der Waals surface area contributed by atoms with Crippen molar-refractivity contribution in [1.29, 1.82) is 0 Å². The first kappa shape index (κ1) is 20.0. The highest BCUT2D eigenvalue weighted by Crippen LogP contribution is 2.42. The number of anilines is 3. The van der Waals surface area contributed by atoms with Gasteiger partial charge in [-0.05, 0) is 38.5 Å². The highest BCUT2D eigenvalue weighted by Gasteiger charge is 2.42. The number of amides is 1. The predicted molar refractivity (Wildman–Crippen MR) is 115 cm³/mol. The van der Waals surface area contributed by atoms with Gasteiger partial charge in [-0.2, -0.15) is 0 Å². The molecule has 2 aromatic heterocycles. The van der Waals surface area contributed by atoms with E-state index < -0.39 is 11.4 Å². The van der Waals surface area contributed by atoms with Crippen LogP contribution in [-0.4, -0.2) is 40.5 Å². The fraction of sp³-hybridized carbons (Fsp3) is 0.286. The summed E-state index contributed by atoms with van der Waals surface area (Å²) in [6, 6.07) is 5.93. The van der Waals surface area contributed by atoms with Crippen LogP contribution in [0.15, 0.2) is 36.1 Å². The van der Waals surface area contributed by atoms with Gasteiger partial charge in [-0.1, -0.05) is 6.07 Å². The summed E-state index contributed by atoms with van der Waals surface area (Å²) in [7, 11) is 1.79. The van der Waals surface area contributed by atoms with E-state index in [1.54, 1.807) is 18.9 Å². The zero-order valence-electron chi connectivity index (χ0n) is 17.1. The first-order valence-electron chi connectivity index (χ1n) is 9.45. The van der Waals surface area contributed by atoms with Crippen molar-refractivity contribution < 1.29 is 14.3 Å². The normalized spacial score (nSPS) is 14.5. The van der Waals surface area contributed by atoms with Gasteiger partial charge in [-0.15, -0.1) is 11.3 Å². The summed E-state index contributed by atoms with van der Waals surface area (Å²) < 4.78 is 5.05. The molecule has 1 aliphatic rings. The number of benzene rings is 1. The van der Waals surface area contributed by atoms with Gasteiger partial charge in [0, 0.05) is 29.9 Å². The van der Waals surface area contributed by atoms with E-state index in [1.807, 2.05) is 37.4 Å². The summed E-state index contributed by atoms with van der Waals surface area (Å²) in [4.78, 5) is 39.0. The Balaban J connectivity index is 1.62. The van der Waals surface area contributed by atoms with Crippen LogP contribution in [-0.2, 0) is 14.9 Å². The number of fused-ring (bicyclic) bond motifs is 1. The topological polar surface area (TPSA) is 97.3 Å². The van der Waals surface area contributed by atoms with E-state index in [2.05, 4.69) is 20.3 Å². The molecule has 3 heterocycles. The third-order valence-electron chi connectivity index (χ3n) is 5.10. The first-order valence-corrected chi connectivity index (χ1v) is 10.3. The van der Waals surface area contributed by atoms with Gasteiger partial charge in [0.25, 0.3) is 0 Å². The molecule has 0 saturated heterocycles. The summed E-state index contributed by atoms with van der Waals surface area (Å²) >= 11 is 1.40. The van der Waals surface area contributed by atoms with Gasteiger partial charge in [0.2, 0.25) is 5.91 Å². The largest absolute Gasteiger partial charge is 0.462 e. The number of carbonyl (C=O) groups is 2. The number of esters is 1. The Morgan fingerprint density at radius 3 is 2.90 bits per heavy atom. The maximum Gasteiger partial charge on any atom is 0.343 e. The monoisotopic (exact) mass is 423 g/mol. The minimum absolute atomic E-state index is 0.0746. The van der Waals surface area contributed by atoms with E-state index in [1.165, 1.54) is 23.9 Å². The molecule has 0 unspecified atom stereocenters. The third-order valence-corrected chi connectivity index (χ3v) is 5.86. The molecule has 0 atom stereocenters. The molecule has 1 aliphatic heterocycles. The minimum atomic E-state index is -0.577. The molecule has 3 aromatic rings. The van der Waals surface area contributed by atoms with Crippen molar-refractivity contribution in [2.75, 3.05) is 23.9 Å². The quantitative estimate of drug-likeness (QED) is 0.624. The van der Waals surface area contributed by atoms with Crippen LogP contribution in [0.1, 0.15) is 36.7 Å². The standard InChI is InChI=1S/C21H21N5O3S/c1-5-29-18(27)13-9-22-11-23-17(13)25-20-24-15(10-30-20)12-6-7-16-14(8-12)21(2,3)19(28)26(16)4/h6-11H,5H2,1-4H3,(H,22,23,24,25). The van der Waals surface area contributed by atoms with Gasteiger partial charge < -0.3 is 15.0 Å². The Hall–Kier alpha value is -3.33. The van der Waals surface area contributed by atoms with Gasteiger partial charge in [0.15, 0.2) is 5.13 Å². The lowest BCUT2D eigenvalue weighted by atomic mass is 9.85. The lowest BCUT2D eigenvalue weighted by Gasteiger charge is -2.16. The maximum atomic E-state index is 12.5. The summed E-state index contributed by atoms with van der Waals surface area (Å²) in [6.45, 7) is 5.87. The molecule has 0 fully saturated rings. The highest BCUT2D eigenvalue weighted by atomic mass is 32.1. The predicted octanol–water partition coefficient (Wildman–Crippen LogP) is 3.77. The fourth-order valence-corrected chi connectivity index (χ4v) is 4.20. The maximum absolute atomic E-state index is 12.5. The molecule has 8 nitrogen and oxygen atoms in total. The van der Waals surface area contributed by atoms with Crippen LogP contribution >= 0.6 is 11.3 Å². The van der Waals surface area contributed by atoms with Crippen LogP contribution in [0.4, 0.5) is 16.6 Å². The molecule has 154 valence electrons. The number of carbonyl (C=O) groups excluding carboxylic acids is 2. The lowest BCUT2D eigenvalue weighted by molar-refractivity contribution is -0.121. The number of thiazole rings is 1. The summed E-state index contributed by atoms with van der Waals surface area (Å²) in [5.74, 6) is -0.0794. The average molecular weight is 423 g/mol. The second-order valence-corrected chi connectivity index (χ2v) is 8.25. The number of likely N-dealkylation sites (N-methyl/N-ethyl adjacent to an activating group) is 1. The Bertz CT molecular complexity index is 1140. The average Bonchev–Trinajstić information content (AvgIpc) is 3.26. The molecular weight excluding hydrogens is 402 g/mol. The van der Waals surface area contributed by atoms with E-state index >= 15 is 0 Å². The van der Waals surface area contributed by atoms with Gasteiger partial charge >= 0.3 is 5.97 Å². The number of ether oxygens (including phenoxy) is 1. The van der Waals surface area contributed by atoms with Crippen molar-refractivity contribution in [3.63, 3.8) is 0 Å². The Morgan fingerprint density at radius 1 is 1.33 bits per heavy atom. The molecule has 4 rings (SSSR count). The lowest BCUT2D eigenvalue weighted by Crippen LogP contribution is -2.33. The molecule has 1 N–H and O–H groups in total. The van der Waals surface area contributed by atoms with Crippen molar-refractivity contribution in [2.24, 2.45) is 0 Å². The SMILES string of the molecule is CCOC(=O)c1cncnc1Nc1nc(-c2ccc3c(c2)C(C)(C)C(=O)N3C)cs1. The van der Waals surface area contributed by atoms with E-state index in [0.717, 1.165) is 22.5 Å². The summed E-state index contributed by atoms with van der Waals surface area (Å²) in [5, 5.41) is 5.58. The smallest absolute Gasteiger partial charge is 0.343 e. The van der Waals surface area contributed by atoms with E-state index in [4.69, 9.17) is 4.74 Å². The van der Waals surface area contributed by atoms with Crippen molar-refractivity contribution >= 4 is 39.9 Å². The molecule has 0 bridgehead atoms. The van der Waals surface area contributed by atoms with Crippen LogP contribution in [0.25, 0.3) is 11.3 Å². The molecule has 9 heteroatoms. The van der Waals surface area contributed by atoms with Crippen molar-refractivity contribution in [3.05, 3.63) is 47.2 Å². The number of rotatable bonds is 5. The molecule has 0 saturated carbocycles. The van der Waals surface area contributed by atoms with Gasteiger partial charge in [0.1, 0.15) is 17.7 Å². The van der Waals surface area contributed by atoms with Gasteiger partial charge in [-0.3, -0.25) is 4.79 Å². The Labute approximate surface area is 178 Å². The first-order chi connectivity index (χ1) is 14.3. The number of nitrogens with zero attached hydrogens (tertiary/aromatic N) is 4. The van der Waals surface area contributed by atoms with Gasteiger partial charge in [-0.25, -0.2) is 19.7 Å². The van der Waals surface area contributed by atoms with Crippen LogP contribution in [0, 0.1) is 0 Å². The summed E-state index contributed by atoms with van der Waals surface area (Å²) in [6.07, 6.45) is 2.77. The molecule has 0 radical (unpaired) electrons. The molecule has 0 aliphatic carbocycles. The van der Waals surface area contributed by atoms with Crippen molar-refractivity contribution in [1.82, 2.24) is 15.0 Å². The van der Waals surface area contributed by atoms with Crippen molar-refractivity contribution in [2.45, 2.75) is 26.2 Å². The van der Waals surface area contributed by atoms with Crippen LogP contribution in [0.3, 0.4) is 0 Å². The Kier molecular flexibility index (Phi) is 4.98. The molecule has 30 heavy (non-hydrogen) atoms. The van der Waals surface area contributed by atoms with Crippen molar-refractivity contribution in [3.8, 4) is 11.3 Å². The van der Waals surface area contributed by atoms with Crippen LogP contribution < -0.4 is 10.2 Å². The Morgan fingerprint density at radius 2 is 2.13 bits per heavy atom.